The Kier molecular flexibility index (Phi) is 4.25. The average Bonchev–Trinajstić information content (AvgIpc) is 3.08. The lowest BCUT2D eigenvalue weighted by molar-refractivity contribution is -0.00112. The Bertz CT molecular complexity index is 563. The molecule has 0 unspecified atom stereocenters. The van der Waals surface area contributed by atoms with E-state index in [4.69, 9.17) is 9.15 Å². The predicted molar refractivity (Wildman–Crippen MR) is 74.5 cm³/mol. The first-order valence-corrected chi connectivity index (χ1v) is 7.01. The summed E-state index contributed by atoms with van der Waals surface area (Å²) in [6.07, 6.45) is 8.13. The van der Waals surface area contributed by atoms with Crippen molar-refractivity contribution in [3.63, 3.8) is 0 Å². The minimum atomic E-state index is -0.0989. The van der Waals surface area contributed by atoms with Gasteiger partial charge in [0.1, 0.15) is 0 Å². The fourth-order valence-corrected chi connectivity index (χ4v) is 2.40. The third-order valence-corrected chi connectivity index (χ3v) is 3.58. The summed E-state index contributed by atoms with van der Waals surface area (Å²) in [5, 5.41) is 0. The number of likely N-dealkylation sites (tertiary alicyclic amines) is 1. The second-order valence-corrected chi connectivity index (χ2v) is 5.03. The summed E-state index contributed by atoms with van der Waals surface area (Å²) in [5.74, 6) is 0.197. The highest BCUT2D eigenvalue weighted by molar-refractivity contribution is 5.91. The fraction of sp³-hybridized carbons (Fsp3) is 0.400. The number of amides is 1. The lowest BCUT2D eigenvalue weighted by Gasteiger charge is -2.31. The van der Waals surface area contributed by atoms with Crippen molar-refractivity contribution in [1.29, 1.82) is 0 Å². The monoisotopic (exact) mass is 287 g/mol. The maximum absolute atomic E-state index is 12.1. The number of oxazole rings is 1. The largest absolute Gasteiger partial charge is 0.438 e. The molecule has 1 aliphatic heterocycles. The first kappa shape index (κ1) is 13.8. The lowest BCUT2D eigenvalue weighted by Crippen LogP contribution is -2.40. The Labute approximate surface area is 122 Å². The van der Waals surface area contributed by atoms with E-state index in [9.17, 15) is 4.79 Å². The van der Waals surface area contributed by atoms with E-state index < -0.39 is 0 Å². The van der Waals surface area contributed by atoms with Gasteiger partial charge in [0.2, 0.25) is 5.76 Å². The van der Waals surface area contributed by atoms with Crippen LogP contribution in [0.25, 0.3) is 0 Å². The number of carbonyl (C=O) groups is 1. The first-order chi connectivity index (χ1) is 10.3. The van der Waals surface area contributed by atoms with Crippen LogP contribution in [-0.2, 0) is 11.3 Å². The average molecular weight is 287 g/mol. The number of rotatable bonds is 4. The molecular formula is C15H17N3O3. The van der Waals surface area contributed by atoms with Crippen LogP contribution in [-0.4, -0.2) is 40.0 Å². The standard InChI is InChI=1S/C15H17N3O3/c19-15(14-9-17-11-21-14)18-6-3-13(4-7-18)20-10-12-2-1-5-16-8-12/h1-2,5,8-9,11,13H,3-4,6-7,10H2. The molecule has 6 heteroatoms. The molecule has 0 radical (unpaired) electrons. The number of aromatic nitrogens is 2. The van der Waals surface area contributed by atoms with E-state index in [0.29, 0.717) is 25.5 Å². The number of hydrogen-bond donors (Lipinski definition) is 0. The highest BCUT2D eigenvalue weighted by Gasteiger charge is 2.25. The van der Waals surface area contributed by atoms with Crippen LogP contribution in [0.3, 0.4) is 0 Å². The van der Waals surface area contributed by atoms with Crippen molar-refractivity contribution in [3.05, 3.63) is 48.4 Å². The van der Waals surface area contributed by atoms with E-state index in [1.54, 1.807) is 11.1 Å². The molecule has 6 nitrogen and oxygen atoms in total. The van der Waals surface area contributed by atoms with E-state index in [0.717, 1.165) is 18.4 Å². The number of piperidine rings is 1. The molecule has 3 heterocycles. The molecule has 1 fully saturated rings. The van der Waals surface area contributed by atoms with E-state index in [1.807, 2.05) is 18.3 Å². The normalized spacial score (nSPS) is 16.1. The Morgan fingerprint density at radius 3 is 2.86 bits per heavy atom. The number of nitrogens with zero attached hydrogens (tertiary/aromatic N) is 3. The van der Waals surface area contributed by atoms with Gasteiger partial charge in [-0.3, -0.25) is 9.78 Å². The number of pyridine rings is 1. The Hall–Kier alpha value is -2.21. The summed E-state index contributed by atoms with van der Waals surface area (Å²) >= 11 is 0. The molecular weight excluding hydrogens is 270 g/mol. The van der Waals surface area contributed by atoms with Gasteiger partial charge in [0.15, 0.2) is 6.39 Å². The van der Waals surface area contributed by atoms with Crippen LogP contribution < -0.4 is 0 Å². The summed E-state index contributed by atoms with van der Waals surface area (Å²) in [5.41, 5.74) is 1.07. The molecule has 0 aliphatic carbocycles. The van der Waals surface area contributed by atoms with E-state index >= 15 is 0 Å². The smallest absolute Gasteiger partial charge is 0.291 e. The maximum atomic E-state index is 12.1. The van der Waals surface area contributed by atoms with Crippen molar-refractivity contribution in [2.24, 2.45) is 0 Å². The lowest BCUT2D eigenvalue weighted by atomic mass is 10.1. The van der Waals surface area contributed by atoms with Gasteiger partial charge in [-0.25, -0.2) is 4.98 Å². The Morgan fingerprint density at radius 1 is 1.33 bits per heavy atom. The van der Waals surface area contributed by atoms with Gasteiger partial charge in [-0.05, 0) is 24.5 Å². The van der Waals surface area contributed by atoms with Gasteiger partial charge >= 0.3 is 0 Å². The third kappa shape index (κ3) is 3.46. The van der Waals surface area contributed by atoms with Crippen LogP contribution in [0.15, 0.2) is 41.5 Å². The van der Waals surface area contributed by atoms with Crippen LogP contribution >= 0.6 is 0 Å². The van der Waals surface area contributed by atoms with Gasteiger partial charge in [0, 0.05) is 25.5 Å². The third-order valence-electron chi connectivity index (χ3n) is 3.58. The molecule has 0 N–H and O–H groups in total. The molecule has 1 amide bonds. The van der Waals surface area contributed by atoms with Crippen LogP contribution in [0.4, 0.5) is 0 Å². The van der Waals surface area contributed by atoms with Crippen LogP contribution in [0.2, 0.25) is 0 Å². The van der Waals surface area contributed by atoms with Crippen LogP contribution in [0, 0.1) is 0 Å². The molecule has 1 aliphatic rings. The zero-order chi connectivity index (χ0) is 14.5. The van der Waals surface area contributed by atoms with Crippen molar-refractivity contribution < 1.29 is 13.9 Å². The molecule has 110 valence electrons. The highest BCUT2D eigenvalue weighted by atomic mass is 16.5. The molecule has 0 saturated carbocycles. The van der Waals surface area contributed by atoms with Crippen molar-refractivity contribution in [2.75, 3.05) is 13.1 Å². The predicted octanol–water partition coefficient (Wildman–Crippen LogP) is 1.89. The van der Waals surface area contributed by atoms with Gasteiger partial charge in [0.05, 0.1) is 18.9 Å². The van der Waals surface area contributed by atoms with Gasteiger partial charge in [-0.1, -0.05) is 6.07 Å². The fourth-order valence-electron chi connectivity index (χ4n) is 2.40. The molecule has 0 atom stereocenters. The second kappa shape index (κ2) is 6.49. The van der Waals surface area contributed by atoms with Gasteiger partial charge in [-0.2, -0.15) is 0 Å². The molecule has 0 spiro atoms. The quantitative estimate of drug-likeness (QED) is 0.859. The van der Waals surface area contributed by atoms with Crippen LogP contribution in [0.5, 0.6) is 0 Å². The first-order valence-electron chi connectivity index (χ1n) is 7.01. The zero-order valence-corrected chi connectivity index (χ0v) is 11.6. The molecule has 2 aromatic rings. The van der Waals surface area contributed by atoms with Gasteiger partial charge in [0.25, 0.3) is 5.91 Å². The van der Waals surface area contributed by atoms with Crippen molar-refractivity contribution in [2.45, 2.75) is 25.6 Å². The van der Waals surface area contributed by atoms with Crippen molar-refractivity contribution in [1.82, 2.24) is 14.9 Å². The molecule has 3 rings (SSSR count). The van der Waals surface area contributed by atoms with Crippen molar-refractivity contribution >= 4 is 5.91 Å². The van der Waals surface area contributed by atoms with Crippen LogP contribution in [0.1, 0.15) is 29.0 Å². The number of carbonyl (C=O) groups excluding carboxylic acids is 1. The van der Waals surface area contributed by atoms with E-state index in [1.165, 1.54) is 12.6 Å². The topological polar surface area (TPSA) is 68.5 Å². The molecule has 0 bridgehead atoms. The maximum Gasteiger partial charge on any atom is 0.291 e. The number of ether oxygens (including phenoxy) is 1. The summed E-state index contributed by atoms with van der Waals surface area (Å²) in [6.45, 7) is 1.92. The SMILES string of the molecule is O=C(c1cnco1)N1CCC(OCc2cccnc2)CC1. The molecule has 0 aromatic carbocycles. The highest BCUT2D eigenvalue weighted by Crippen LogP contribution is 2.17. The van der Waals surface area contributed by atoms with Crippen molar-refractivity contribution in [3.8, 4) is 0 Å². The van der Waals surface area contributed by atoms with Gasteiger partial charge < -0.3 is 14.1 Å². The minimum Gasteiger partial charge on any atom is -0.438 e. The summed E-state index contributed by atoms with van der Waals surface area (Å²) < 4.78 is 10.9. The summed E-state index contributed by atoms with van der Waals surface area (Å²) in [6, 6.07) is 3.90. The Balaban J connectivity index is 1.46. The Morgan fingerprint density at radius 2 is 2.19 bits per heavy atom. The second-order valence-electron chi connectivity index (χ2n) is 5.03. The zero-order valence-electron chi connectivity index (χ0n) is 11.6. The van der Waals surface area contributed by atoms with E-state index in [-0.39, 0.29) is 12.0 Å². The molecule has 21 heavy (non-hydrogen) atoms. The summed E-state index contributed by atoms with van der Waals surface area (Å²) in [4.78, 5) is 21.7. The minimum absolute atomic E-state index is 0.0989. The van der Waals surface area contributed by atoms with Gasteiger partial charge in [-0.15, -0.1) is 0 Å². The molecule has 2 aromatic heterocycles. The number of hydrogen-bond acceptors (Lipinski definition) is 5. The van der Waals surface area contributed by atoms with E-state index in [2.05, 4.69) is 9.97 Å². The molecule has 1 saturated heterocycles. The summed E-state index contributed by atoms with van der Waals surface area (Å²) in [7, 11) is 0.